The van der Waals surface area contributed by atoms with Crippen LogP contribution in [0.4, 0.5) is 17.5 Å². The summed E-state index contributed by atoms with van der Waals surface area (Å²) in [6.07, 6.45) is 11.3. The highest BCUT2D eigenvalue weighted by molar-refractivity contribution is 5.96. The van der Waals surface area contributed by atoms with E-state index >= 15 is 0 Å². The normalized spacial score (nSPS) is 17.5. The van der Waals surface area contributed by atoms with E-state index < -0.39 is 5.91 Å². The Labute approximate surface area is 180 Å². The number of carbonyl (C=O) groups is 1. The summed E-state index contributed by atoms with van der Waals surface area (Å²) in [7, 11) is 0. The van der Waals surface area contributed by atoms with Crippen LogP contribution in [0.5, 0.6) is 0 Å². The van der Waals surface area contributed by atoms with Crippen LogP contribution in [0.25, 0.3) is 10.9 Å². The lowest BCUT2D eigenvalue weighted by Gasteiger charge is -2.26. The highest BCUT2D eigenvalue weighted by atomic mass is 16.1. The lowest BCUT2D eigenvalue weighted by atomic mass is 9.93. The second kappa shape index (κ2) is 8.13. The summed E-state index contributed by atoms with van der Waals surface area (Å²) in [5.41, 5.74) is 8.57. The average Bonchev–Trinajstić information content (AvgIpc) is 3.11. The SMILES string of the molecule is Cc1cc(Nc2nc(NC3CCCCC3)nnc2C(N)=O)cc2c1cnn2C1CCC1. The smallest absolute Gasteiger partial charge is 0.273 e. The maximum atomic E-state index is 11.9. The molecule has 2 aliphatic carbocycles. The molecule has 1 aromatic carbocycles. The van der Waals surface area contributed by atoms with Gasteiger partial charge >= 0.3 is 0 Å². The number of benzene rings is 1. The van der Waals surface area contributed by atoms with Crippen molar-refractivity contribution in [1.82, 2.24) is 25.0 Å². The van der Waals surface area contributed by atoms with Crippen molar-refractivity contribution in [2.75, 3.05) is 10.6 Å². The number of primary amides is 1. The van der Waals surface area contributed by atoms with E-state index in [1.54, 1.807) is 0 Å². The van der Waals surface area contributed by atoms with Gasteiger partial charge in [-0.1, -0.05) is 19.3 Å². The lowest BCUT2D eigenvalue weighted by molar-refractivity contribution is 0.0995. The first-order valence-corrected chi connectivity index (χ1v) is 11.1. The van der Waals surface area contributed by atoms with Crippen LogP contribution in [-0.4, -0.2) is 36.9 Å². The Bertz CT molecular complexity index is 1110. The molecule has 162 valence electrons. The van der Waals surface area contributed by atoms with Crippen LogP contribution in [-0.2, 0) is 0 Å². The van der Waals surface area contributed by atoms with Gasteiger partial charge in [0.25, 0.3) is 5.91 Å². The van der Waals surface area contributed by atoms with Crippen LogP contribution >= 0.6 is 0 Å². The third-order valence-corrected chi connectivity index (χ3v) is 6.46. The van der Waals surface area contributed by atoms with Crippen LogP contribution in [0, 0.1) is 6.92 Å². The quantitative estimate of drug-likeness (QED) is 0.553. The largest absolute Gasteiger partial charge is 0.364 e. The zero-order valence-corrected chi connectivity index (χ0v) is 17.8. The molecule has 3 aromatic rings. The van der Waals surface area contributed by atoms with E-state index in [-0.39, 0.29) is 5.69 Å². The predicted octanol–water partition coefficient (Wildman–Crippen LogP) is 3.84. The van der Waals surface area contributed by atoms with Crippen LogP contribution in [0.2, 0.25) is 0 Å². The lowest BCUT2D eigenvalue weighted by Crippen LogP contribution is -2.25. The Kier molecular flexibility index (Phi) is 5.17. The van der Waals surface area contributed by atoms with Crippen molar-refractivity contribution in [2.24, 2.45) is 5.73 Å². The molecule has 2 aromatic heterocycles. The van der Waals surface area contributed by atoms with Crippen LogP contribution in [0.3, 0.4) is 0 Å². The summed E-state index contributed by atoms with van der Waals surface area (Å²) in [6, 6.07) is 4.86. The number of hydrogen-bond donors (Lipinski definition) is 3. The molecule has 0 bridgehead atoms. The van der Waals surface area contributed by atoms with E-state index in [2.05, 4.69) is 48.6 Å². The molecule has 0 unspecified atom stereocenters. The van der Waals surface area contributed by atoms with Crippen molar-refractivity contribution in [3.8, 4) is 0 Å². The van der Waals surface area contributed by atoms with Gasteiger partial charge in [-0.3, -0.25) is 9.48 Å². The topological polar surface area (TPSA) is 124 Å². The monoisotopic (exact) mass is 420 g/mol. The van der Waals surface area contributed by atoms with E-state index in [1.165, 1.54) is 25.7 Å². The average molecular weight is 421 g/mol. The highest BCUT2D eigenvalue weighted by Crippen LogP contribution is 2.35. The Morgan fingerprint density at radius 1 is 1.10 bits per heavy atom. The van der Waals surface area contributed by atoms with E-state index in [1.807, 2.05) is 12.3 Å². The van der Waals surface area contributed by atoms with Crippen LogP contribution in [0.1, 0.15) is 73.5 Å². The fraction of sp³-hybridized carbons (Fsp3) is 0.500. The maximum Gasteiger partial charge on any atom is 0.273 e. The molecule has 2 saturated carbocycles. The number of amides is 1. The Morgan fingerprint density at radius 2 is 1.90 bits per heavy atom. The van der Waals surface area contributed by atoms with Crippen molar-refractivity contribution < 1.29 is 4.79 Å². The molecule has 9 heteroatoms. The van der Waals surface area contributed by atoms with Crippen LogP contribution < -0.4 is 16.4 Å². The summed E-state index contributed by atoms with van der Waals surface area (Å²) in [5.74, 6) is 0.0648. The molecule has 31 heavy (non-hydrogen) atoms. The molecule has 2 fully saturated rings. The second-order valence-corrected chi connectivity index (χ2v) is 8.70. The number of aryl methyl sites for hydroxylation is 1. The van der Waals surface area contributed by atoms with Gasteiger partial charge in [-0.2, -0.15) is 10.1 Å². The molecule has 4 N–H and O–H groups in total. The summed E-state index contributed by atoms with van der Waals surface area (Å²) >= 11 is 0. The molecular weight excluding hydrogens is 392 g/mol. The van der Waals surface area contributed by atoms with E-state index in [4.69, 9.17) is 5.73 Å². The van der Waals surface area contributed by atoms with Crippen molar-refractivity contribution >= 4 is 34.3 Å². The molecule has 2 heterocycles. The first-order chi connectivity index (χ1) is 15.1. The van der Waals surface area contributed by atoms with Crippen molar-refractivity contribution in [3.05, 3.63) is 29.6 Å². The molecule has 2 aliphatic rings. The molecule has 0 spiro atoms. The van der Waals surface area contributed by atoms with Gasteiger partial charge in [-0.15, -0.1) is 10.2 Å². The number of aromatic nitrogens is 5. The Morgan fingerprint density at radius 3 is 2.61 bits per heavy atom. The Balaban J connectivity index is 1.46. The number of anilines is 3. The highest BCUT2D eigenvalue weighted by Gasteiger charge is 2.23. The van der Waals surface area contributed by atoms with Crippen molar-refractivity contribution in [1.29, 1.82) is 0 Å². The fourth-order valence-corrected chi connectivity index (χ4v) is 4.52. The van der Waals surface area contributed by atoms with E-state index in [0.717, 1.165) is 47.8 Å². The van der Waals surface area contributed by atoms with Gasteiger partial charge in [-0.05, 0) is 56.7 Å². The zero-order valence-electron chi connectivity index (χ0n) is 17.8. The molecule has 9 nitrogen and oxygen atoms in total. The van der Waals surface area contributed by atoms with Gasteiger partial charge in [0.1, 0.15) is 0 Å². The maximum absolute atomic E-state index is 11.9. The fourth-order valence-electron chi connectivity index (χ4n) is 4.52. The van der Waals surface area contributed by atoms with Gasteiger partial charge in [0, 0.05) is 17.1 Å². The van der Waals surface area contributed by atoms with Gasteiger partial charge in [0.2, 0.25) is 5.95 Å². The third kappa shape index (κ3) is 3.92. The van der Waals surface area contributed by atoms with Gasteiger partial charge in [0.05, 0.1) is 17.8 Å². The van der Waals surface area contributed by atoms with Crippen molar-refractivity contribution in [3.63, 3.8) is 0 Å². The number of fused-ring (bicyclic) bond motifs is 1. The Hall–Kier alpha value is -3.23. The molecule has 0 saturated heterocycles. The number of carbonyl (C=O) groups excluding carboxylic acids is 1. The van der Waals surface area contributed by atoms with Gasteiger partial charge < -0.3 is 16.4 Å². The minimum Gasteiger partial charge on any atom is -0.364 e. The minimum absolute atomic E-state index is 0.0273. The first kappa shape index (κ1) is 19.7. The molecule has 5 rings (SSSR count). The van der Waals surface area contributed by atoms with E-state index in [9.17, 15) is 4.79 Å². The van der Waals surface area contributed by atoms with Crippen LogP contribution in [0.15, 0.2) is 18.3 Å². The summed E-state index contributed by atoms with van der Waals surface area (Å²) in [4.78, 5) is 16.5. The number of nitrogens with zero attached hydrogens (tertiary/aromatic N) is 5. The minimum atomic E-state index is -0.663. The van der Waals surface area contributed by atoms with E-state index in [0.29, 0.717) is 23.8 Å². The molecule has 0 aliphatic heterocycles. The number of nitrogens with one attached hydrogen (secondary N) is 2. The molecular formula is C22H28N8O. The number of rotatable bonds is 6. The number of hydrogen-bond acceptors (Lipinski definition) is 7. The summed E-state index contributed by atoms with van der Waals surface area (Å²) < 4.78 is 2.11. The zero-order chi connectivity index (χ0) is 21.4. The first-order valence-electron chi connectivity index (χ1n) is 11.1. The second-order valence-electron chi connectivity index (χ2n) is 8.70. The molecule has 0 radical (unpaired) electrons. The predicted molar refractivity (Wildman–Crippen MR) is 119 cm³/mol. The molecule has 1 amide bonds. The molecule has 0 atom stereocenters. The van der Waals surface area contributed by atoms with Crippen molar-refractivity contribution in [2.45, 2.75) is 70.4 Å². The van der Waals surface area contributed by atoms with Gasteiger partial charge in [-0.25, -0.2) is 0 Å². The van der Waals surface area contributed by atoms with Gasteiger partial charge in [0.15, 0.2) is 11.5 Å². The summed E-state index contributed by atoms with van der Waals surface area (Å²) in [5, 5.41) is 20.5. The standard InChI is InChI=1S/C22H28N8O/c1-13-10-15(11-18-17(13)12-24-30(18)16-8-5-9-16)25-21-19(20(23)31)28-29-22(27-21)26-14-6-3-2-4-7-14/h10-12,14,16H,2-9H2,1H3,(H2,23,31)(H2,25,26,27,29). The number of nitrogens with two attached hydrogens (primary N) is 1. The summed E-state index contributed by atoms with van der Waals surface area (Å²) in [6.45, 7) is 2.06. The third-order valence-electron chi connectivity index (χ3n) is 6.46.